The first-order valence-electron chi connectivity index (χ1n) is 7.01. The molecular weight excluding hydrogens is 331 g/mol. The smallest absolute Gasteiger partial charge is 0.308 e. The molecule has 0 atom stereocenters. The zero-order valence-corrected chi connectivity index (χ0v) is 13.1. The van der Waals surface area contributed by atoms with Gasteiger partial charge in [0.25, 0.3) is 0 Å². The van der Waals surface area contributed by atoms with E-state index >= 15 is 0 Å². The molecule has 0 spiro atoms. The number of amides is 2. The first kappa shape index (κ1) is 15.9. The number of anilines is 2. The number of halogens is 2. The number of hydrogen-bond acceptors (Lipinski definition) is 3. The van der Waals surface area contributed by atoms with Crippen LogP contribution in [0.3, 0.4) is 0 Å². The second-order valence-corrected chi connectivity index (χ2v) is 5.28. The van der Waals surface area contributed by atoms with Gasteiger partial charge in [-0.05, 0) is 35.4 Å². The van der Waals surface area contributed by atoms with Crippen LogP contribution in [0.4, 0.5) is 20.7 Å². The first-order valence-corrected chi connectivity index (χ1v) is 7.39. The Kier molecular flexibility index (Phi) is 4.67. The number of carbonyl (C=O) groups excluding carboxylic acids is 1. The van der Waals surface area contributed by atoms with Crippen molar-refractivity contribution < 1.29 is 9.18 Å². The molecule has 0 aliphatic heterocycles. The van der Waals surface area contributed by atoms with Crippen LogP contribution >= 0.6 is 11.6 Å². The SMILES string of the molecule is O=C(Nc1ccc(-c2ccc(F)c(Cl)c2)cc1)Nc1cnccn1. The lowest BCUT2D eigenvalue weighted by Crippen LogP contribution is -2.20. The maximum Gasteiger partial charge on any atom is 0.324 e. The van der Waals surface area contributed by atoms with Gasteiger partial charge in [0.05, 0.1) is 11.2 Å². The standard InChI is InChI=1S/C17H12ClFN4O/c18-14-9-12(3-6-15(14)19)11-1-4-13(5-2-11)22-17(24)23-16-10-20-7-8-21-16/h1-10H,(H2,21,22,23,24). The molecule has 7 heteroatoms. The van der Waals surface area contributed by atoms with Gasteiger partial charge in [-0.25, -0.2) is 14.2 Å². The Bertz CT molecular complexity index is 856. The van der Waals surface area contributed by atoms with E-state index in [4.69, 9.17) is 11.6 Å². The summed E-state index contributed by atoms with van der Waals surface area (Å²) < 4.78 is 13.2. The molecule has 1 aromatic heterocycles. The fraction of sp³-hybridized carbons (Fsp3) is 0. The highest BCUT2D eigenvalue weighted by Gasteiger charge is 2.06. The van der Waals surface area contributed by atoms with E-state index < -0.39 is 11.8 Å². The van der Waals surface area contributed by atoms with Crippen molar-refractivity contribution in [2.45, 2.75) is 0 Å². The van der Waals surface area contributed by atoms with Crippen molar-refractivity contribution in [1.29, 1.82) is 0 Å². The molecule has 0 bridgehead atoms. The lowest BCUT2D eigenvalue weighted by molar-refractivity contribution is 0.262. The van der Waals surface area contributed by atoms with Crippen LogP contribution in [0.5, 0.6) is 0 Å². The normalized spacial score (nSPS) is 10.2. The average Bonchev–Trinajstić information content (AvgIpc) is 2.59. The van der Waals surface area contributed by atoms with E-state index in [2.05, 4.69) is 20.6 Å². The van der Waals surface area contributed by atoms with Crippen molar-refractivity contribution in [3.8, 4) is 11.1 Å². The van der Waals surface area contributed by atoms with Crippen molar-refractivity contribution in [3.63, 3.8) is 0 Å². The minimum Gasteiger partial charge on any atom is -0.308 e. The molecule has 0 radical (unpaired) electrons. The molecule has 0 saturated carbocycles. The van der Waals surface area contributed by atoms with Crippen LogP contribution in [0, 0.1) is 5.82 Å². The molecule has 2 amide bonds. The second-order valence-electron chi connectivity index (χ2n) is 4.88. The van der Waals surface area contributed by atoms with Crippen LogP contribution < -0.4 is 10.6 Å². The van der Waals surface area contributed by atoms with E-state index in [1.54, 1.807) is 24.3 Å². The number of carbonyl (C=O) groups is 1. The number of rotatable bonds is 3. The molecule has 120 valence electrons. The topological polar surface area (TPSA) is 66.9 Å². The van der Waals surface area contributed by atoms with Crippen LogP contribution in [0.25, 0.3) is 11.1 Å². The molecule has 24 heavy (non-hydrogen) atoms. The van der Waals surface area contributed by atoms with Gasteiger partial charge >= 0.3 is 6.03 Å². The molecule has 5 nitrogen and oxygen atoms in total. The Morgan fingerprint density at radius 3 is 2.42 bits per heavy atom. The van der Waals surface area contributed by atoms with Crippen molar-refractivity contribution in [1.82, 2.24) is 9.97 Å². The fourth-order valence-electron chi connectivity index (χ4n) is 2.06. The zero-order valence-electron chi connectivity index (χ0n) is 12.3. The predicted octanol–water partition coefficient (Wildman–Crippen LogP) is 4.58. The lowest BCUT2D eigenvalue weighted by atomic mass is 10.1. The monoisotopic (exact) mass is 342 g/mol. The summed E-state index contributed by atoms with van der Waals surface area (Å²) in [7, 11) is 0. The van der Waals surface area contributed by atoms with Crippen LogP contribution in [0.15, 0.2) is 61.1 Å². The van der Waals surface area contributed by atoms with E-state index in [9.17, 15) is 9.18 Å². The van der Waals surface area contributed by atoms with E-state index in [1.807, 2.05) is 12.1 Å². The number of nitrogens with zero attached hydrogens (tertiary/aromatic N) is 2. The van der Waals surface area contributed by atoms with Gasteiger partial charge in [-0.2, -0.15) is 0 Å². The van der Waals surface area contributed by atoms with Crippen LogP contribution in [-0.2, 0) is 0 Å². The summed E-state index contributed by atoms with van der Waals surface area (Å²) in [6.07, 6.45) is 4.45. The van der Waals surface area contributed by atoms with Gasteiger partial charge in [-0.3, -0.25) is 10.3 Å². The number of nitrogens with one attached hydrogen (secondary N) is 2. The Morgan fingerprint density at radius 1 is 1.00 bits per heavy atom. The molecule has 3 rings (SSSR count). The number of urea groups is 1. The lowest BCUT2D eigenvalue weighted by Gasteiger charge is -2.08. The Balaban J connectivity index is 1.68. The summed E-state index contributed by atoms with van der Waals surface area (Å²) >= 11 is 5.79. The van der Waals surface area contributed by atoms with Crippen molar-refractivity contribution in [3.05, 3.63) is 71.9 Å². The third kappa shape index (κ3) is 3.85. The fourth-order valence-corrected chi connectivity index (χ4v) is 2.24. The summed E-state index contributed by atoms with van der Waals surface area (Å²) in [4.78, 5) is 19.7. The summed E-state index contributed by atoms with van der Waals surface area (Å²) in [5.41, 5.74) is 2.25. The molecule has 2 N–H and O–H groups in total. The van der Waals surface area contributed by atoms with Gasteiger partial charge in [-0.15, -0.1) is 0 Å². The Hall–Kier alpha value is -2.99. The maximum atomic E-state index is 13.2. The van der Waals surface area contributed by atoms with Crippen molar-refractivity contribution >= 4 is 29.1 Å². The summed E-state index contributed by atoms with van der Waals surface area (Å²) in [5, 5.41) is 5.32. The van der Waals surface area contributed by atoms with Gasteiger partial charge in [-0.1, -0.05) is 29.8 Å². The maximum absolute atomic E-state index is 13.2. The zero-order chi connectivity index (χ0) is 16.9. The number of aromatic nitrogens is 2. The number of hydrogen-bond donors (Lipinski definition) is 2. The first-order chi connectivity index (χ1) is 11.6. The van der Waals surface area contributed by atoms with Gasteiger partial charge in [0, 0.05) is 18.1 Å². The summed E-state index contributed by atoms with van der Waals surface area (Å²) in [6, 6.07) is 11.2. The third-order valence-corrected chi connectivity index (χ3v) is 3.49. The van der Waals surface area contributed by atoms with E-state index in [-0.39, 0.29) is 5.02 Å². The van der Waals surface area contributed by atoms with Crippen LogP contribution in [0.1, 0.15) is 0 Å². The molecule has 2 aromatic carbocycles. The summed E-state index contributed by atoms with van der Waals surface area (Å²) in [5.74, 6) is -0.105. The molecule has 3 aromatic rings. The van der Waals surface area contributed by atoms with Gasteiger partial charge in [0.15, 0.2) is 5.82 Å². The minimum absolute atomic E-state index is 0.0676. The number of benzene rings is 2. The molecular formula is C17H12ClFN4O. The third-order valence-electron chi connectivity index (χ3n) is 3.20. The average molecular weight is 343 g/mol. The van der Waals surface area contributed by atoms with Crippen LogP contribution in [0.2, 0.25) is 5.02 Å². The van der Waals surface area contributed by atoms with Crippen LogP contribution in [-0.4, -0.2) is 16.0 Å². The van der Waals surface area contributed by atoms with E-state index in [1.165, 1.54) is 24.7 Å². The van der Waals surface area contributed by atoms with Gasteiger partial charge in [0.1, 0.15) is 5.82 Å². The predicted molar refractivity (Wildman–Crippen MR) is 91.5 cm³/mol. The minimum atomic E-state index is -0.459. The molecule has 0 fully saturated rings. The Morgan fingerprint density at radius 2 is 1.75 bits per heavy atom. The van der Waals surface area contributed by atoms with E-state index in [0.717, 1.165) is 11.1 Å². The largest absolute Gasteiger partial charge is 0.324 e. The molecule has 1 heterocycles. The molecule has 0 saturated heterocycles. The molecule has 0 unspecified atom stereocenters. The molecule has 0 aliphatic rings. The highest BCUT2D eigenvalue weighted by atomic mass is 35.5. The highest BCUT2D eigenvalue weighted by Crippen LogP contribution is 2.26. The molecule has 0 aliphatic carbocycles. The van der Waals surface area contributed by atoms with Crippen molar-refractivity contribution in [2.24, 2.45) is 0 Å². The van der Waals surface area contributed by atoms with Crippen molar-refractivity contribution in [2.75, 3.05) is 10.6 Å². The quantitative estimate of drug-likeness (QED) is 0.732. The second kappa shape index (κ2) is 7.06. The highest BCUT2D eigenvalue weighted by molar-refractivity contribution is 6.31. The summed E-state index contributed by atoms with van der Waals surface area (Å²) in [6.45, 7) is 0. The van der Waals surface area contributed by atoms with Gasteiger partial charge in [0.2, 0.25) is 0 Å². The van der Waals surface area contributed by atoms with Gasteiger partial charge < -0.3 is 5.32 Å². The van der Waals surface area contributed by atoms with E-state index in [0.29, 0.717) is 11.5 Å². The Labute approximate surface area is 142 Å².